The number of rotatable bonds is 4. The van der Waals surface area contributed by atoms with Crippen molar-refractivity contribution in [3.8, 4) is 5.75 Å². The number of carbonyl (C=O) groups is 1. The van der Waals surface area contributed by atoms with Crippen LogP contribution in [0.5, 0.6) is 5.75 Å². The molecular formula is C16H16ClNO4S. The zero-order valence-electron chi connectivity index (χ0n) is 12.9. The maximum absolute atomic E-state index is 12.4. The summed E-state index contributed by atoms with van der Waals surface area (Å²) >= 11 is 5.87. The molecule has 1 amide bonds. The van der Waals surface area contributed by atoms with Crippen LogP contribution in [0.2, 0.25) is 5.02 Å². The molecule has 23 heavy (non-hydrogen) atoms. The highest BCUT2D eigenvalue weighted by Crippen LogP contribution is 2.31. The Morgan fingerprint density at radius 1 is 1.09 bits per heavy atom. The van der Waals surface area contributed by atoms with Gasteiger partial charge in [0.25, 0.3) is 0 Å². The van der Waals surface area contributed by atoms with Crippen molar-refractivity contribution >= 4 is 33.3 Å². The van der Waals surface area contributed by atoms with E-state index in [1.807, 2.05) is 13.8 Å². The summed E-state index contributed by atoms with van der Waals surface area (Å²) in [4.78, 5) is 11.3. The predicted octanol–water partition coefficient (Wildman–Crippen LogP) is 3.68. The van der Waals surface area contributed by atoms with E-state index in [0.717, 1.165) is 11.1 Å². The van der Waals surface area contributed by atoms with Crippen molar-refractivity contribution in [1.29, 1.82) is 0 Å². The Morgan fingerprint density at radius 2 is 1.78 bits per heavy atom. The molecule has 0 aliphatic rings. The van der Waals surface area contributed by atoms with Crippen molar-refractivity contribution in [3.63, 3.8) is 0 Å². The van der Waals surface area contributed by atoms with E-state index in [0.29, 0.717) is 5.02 Å². The van der Waals surface area contributed by atoms with Crippen molar-refractivity contribution in [3.05, 3.63) is 52.5 Å². The fourth-order valence-corrected chi connectivity index (χ4v) is 3.10. The molecule has 122 valence electrons. The van der Waals surface area contributed by atoms with E-state index in [2.05, 4.69) is 5.32 Å². The third-order valence-corrected chi connectivity index (χ3v) is 4.68. The van der Waals surface area contributed by atoms with Gasteiger partial charge in [0.1, 0.15) is 4.90 Å². The van der Waals surface area contributed by atoms with E-state index in [1.54, 1.807) is 12.1 Å². The number of amides is 1. The van der Waals surface area contributed by atoms with Gasteiger partial charge in [-0.2, -0.15) is 8.42 Å². The molecule has 0 fully saturated rings. The monoisotopic (exact) mass is 353 g/mol. The molecule has 2 aromatic rings. The van der Waals surface area contributed by atoms with Gasteiger partial charge in [-0.1, -0.05) is 17.7 Å². The summed E-state index contributed by atoms with van der Waals surface area (Å²) in [6.45, 7) is 5.02. The number of carbonyl (C=O) groups excluding carboxylic acids is 1. The SMILES string of the molecule is CC(=O)Nc1cc(Cl)ccc1OS(=O)(=O)c1ccc(C)c(C)c1. The first kappa shape index (κ1) is 17.3. The number of hydrogen-bond donors (Lipinski definition) is 1. The molecule has 0 heterocycles. The molecule has 0 saturated carbocycles. The third kappa shape index (κ3) is 4.24. The third-order valence-electron chi connectivity index (χ3n) is 3.22. The summed E-state index contributed by atoms with van der Waals surface area (Å²) in [5.41, 5.74) is 2.01. The Kier molecular flexibility index (Phi) is 4.97. The summed E-state index contributed by atoms with van der Waals surface area (Å²) in [7, 11) is -4.02. The van der Waals surface area contributed by atoms with Gasteiger partial charge in [-0.25, -0.2) is 0 Å². The van der Waals surface area contributed by atoms with Gasteiger partial charge in [-0.3, -0.25) is 4.79 Å². The molecule has 2 aromatic carbocycles. The average molecular weight is 354 g/mol. The molecule has 0 aliphatic carbocycles. The van der Waals surface area contributed by atoms with Crippen molar-refractivity contribution in [2.24, 2.45) is 0 Å². The van der Waals surface area contributed by atoms with Gasteiger partial charge in [0.15, 0.2) is 5.75 Å². The molecule has 2 rings (SSSR count). The van der Waals surface area contributed by atoms with Crippen LogP contribution in [0.3, 0.4) is 0 Å². The molecule has 0 unspecified atom stereocenters. The Morgan fingerprint density at radius 3 is 2.39 bits per heavy atom. The zero-order chi connectivity index (χ0) is 17.2. The maximum atomic E-state index is 12.4. The highest BCUT2D eigenvalue weighted by atomic mass is 35.5. The van der Waals surface area contributed by atoms with Crippen molar-refractivity contribution in [1.82, 2.24) is 0 Å². The first-order chi connectivity index (χ1) is 10.7. The number of nitrogens with one attached hydrogen (secondary N) is 1. The molecule has 0 atom stereocenters. The summed E-state index contributed by atoms with van der Waals surface area (Å²) in [6.07, 6.45) is 0. The fraction of sp³-hybridized carbons (Fsp3) is 0.188. The minimum atomic E-state index is -4.02. The summed E-state index contributed by atoms with van der Waals surface area (Å²) < 4.78 is 30.0. The fourth-order valence-electron chi connectivity index (χ4n) is 1.90. The first-order valence-electron chi connectivity index (χ1n) is 6.78. The minimum Gasteiger partial charge on any atom is -0.377 e. The van der Waals surface area contributed by atoms with Crippen LogP contribution in [0.25, 0.3) is 0 Å². The lowest BCUT2D eigenvalue weighted by Crippen LogP contribution is -2.13. The van der Waals surface area contributed by atoms with Gasteiger partial charge in [0.2, 0.25) is 5.91 Å². The van der Waals surface area contributed by atoms with Crippen molar-refractivity contribution in [2.75, 3.05) is 5.32 Å². The number of anilines is 1. The van der Waals surface area contributed by atoms with E-state index in [9.17, 15) is 13.2 Å². The molecule has 0 aromatic heterocycles. The van der Waals surface area contributed by atoms with Crippen LogP contribution in [0.1, 0.15) is 18.1 Å². The van der Waals surface area contributed by atoms with Crippen LogP contribution in [0, 0.1) is 13.8 Å². The molecule has 0 saturated heterocycles. The number of benzene rings is 2. The lowest BCUT2D eigenvalue weighted by molar-refractivity contribution is -0.114. The lowest BCUT2D eigenvalue weighted by atomic mass is 10.1. The topological polar surface area (TPSA) is 72.5 Å². The molecule has 0 spiro atoms. The van der Waals surface area contributed by atoms with Crippen LogP contribution in [0.4, 0.5) is 5.69 Å². The normalized spacial score (nSPS) is 11.1. The van der Waals surface area contributed by atoms with Gasteiger partial charge in [0, 0.05) is 11.9 Å². The van der Waals surface area contributed by atoms with Gasteiger partial charge in [-0.15, -0.1) is 0 Å². The predicted molar refractivity (Wildman–Crippen MR) is 89.5 cm³/mol. The highest BCUT2D eigenvalue weighted by molar-refractivity contribution is 7.87. The Balaban J connectivity index is 2.40. The van der Waals surface area contributed by atoms with Gasteiger partial charge in [-0.05, 0) is 55.3 Å². The molecule has 5 nitrogen and oxygen atoms in total. The number of aryl methyl sites for hydroxylation is 2. The van der Waals surface area contributed by atoms with E-state index in [-0.39, 0.29) is 22.2 Å². The van der Waals surface area contributed by atoms with Crippen LogP contribution in [-0.4, -0.2) is 14.3 Å². The largest absolute Gasteiger partial charge is 0.377 e. The zero-order valence-corrected chi connectivity index (χ0v) is 14.5. The van der Waals surface area contributed by atoms with Gasteiger partial charge < -0.3 is 9.50 Å². The Bertz CT molecular complexity index is 862. The van der Waals surface area contributed by atoms with Crippen LogP contribution < -0.4 is 9.50 Å². The molecule has 1 N–H and O–H groups in total. The second-order valence-corrected chi connectivity index (χ2v) is 7.09. The van der Waals surface area contributed by atoms with Crippen LogP contribution in [0.15, 0.2) is 41.3 Å². The van der Waals surface area contributed by atoms with Gasteiger partial charge in [0.05, 0.1) is 5.69 Å². The smallest absolute Gasteiger partial charge is 0.339 e. The molecule has 0 bridgehead atoms. The second-order valence-electron chi connectivity index (χ2n) is 5.11. The molecule has 0 radical (unpaired) electrons. The lowest BCUT2D eigenvalue weighted by Gasteiger charge is -2.13. The quantitative estimate of drug-likeness (QED) is 0.851. The average Bonchev–Trinajstić information content (AvgIpc) is 2.44. The van der Waals surface area contributed by atoms with E-state index in [4.69, 9.17) is 15.8 Å². The summed E-state index contributed by atoms with van der Waals surface area (Å²) in [5.74, 6) is -0.358. The highest BCUT2D eigenvalue weighted by Gasteiger charge is 2.19. The second kappa shape index (κ2) is 6.60. The van der Waals surface area contributed by atoms with Gasteiger partial charge >= 0.3 is 10.1 Å². The summed E-state index contributed by atoms with van der Waals surface area (Å²) in [5, 5.41) is 2.85. The van der Waals surface area contributed by atoms with Crippen molar-refractivity contribution < 1.29 is 17.4 Å². The van der Waals surface area contributed by atoms with E-state index < -0.39 is 10.1 Å². The molecule has 7 heteroatoms. The first-order valence-corrected chi connectivity index (χ1v) is 8.56. The van der Waals surface area contributed by atoms with E-state index >= 15 is 0 Å². The van der Waals surface area contributed by atoms with E-state index in [1.165, 1.54) is 31.2 Å². The standard InChI is InChI=1S/C16H16ClNO4S/c1-10-4-6-14(8-11(10)2)23(20,21)22-16-7-5-13(17)9-15(16)18-12(3)19/h4-9H,1-3H3,(H,18,19). The van der Waals surface area contributed by atoms with Crippen LogP contribution >= 0.6 is 11.6 Å². The van der Waals surface area contributed by atoms with Crippen LogP contribution in [-0.2, 0) is 14.9 Å². The number of halogens is 1. The summed E-state index contributed by atoms with van der Waals surface area (Å²) in [6, 6.07) is 9.03. The minimum absolute atomic E-state index is 0.00262. The molecular weight excluding hydrogens is 338 g/mol. The Labute approximate surface area is 140 Å². The Hall–Kier alpha value is -2.05. The number of hydrogen-bond acceptors (Lipinski definition) is 4. The molecule has 0 aliphatic heterocycles. The maximum Gasteiger partial charge on any atom is 0.339 e. The van der Waals surface area contributed by atoms with Crippen molar-refractivity contribution in [2.45, 2.75) is 25.7 Å².